The Morgan fingerprint density at radius 3 is 2.77 bits per heavy atom. The van der Waals surface area contributed by atoms with Gasteiger partial charge in [0.1, 0.15) is 5.75 Å². The van der Waals surface area contributed by atoms with Crippen LogP contribution < -0.4 is 4.74 Å². The zero-order valence-corrected chi connectivity index (χ0v) is 14.1. The van der Waals surface area contributed by atoms with Crippen LogP contribution in [-0.4, -0.2) is 28.9 Å². The Morgan fingerprint density at radius 1 is 1.41 bits per heavy atom. The van der Waals surface area contributed by atoms with Crippen LogP contribution in [0.15, 0.2) is 24.3 Å². The molecule has 0 saturated carbocycles. The van der Waals surface area contributed by atoms with Gasteiger partial charge in [0.05, 0.1) is 16.7 Å². The fraction of sp³-hybridized carbons (Fsp3) is 0.412. The lowest BCUT2D eigenvalue weighted by Crippen LogP contribution is -2.40. The number of amides is 1. The standard InChI is InChI=1S/C17H20N2O2S/c1-10-16(22-12(3)18-10)11(2)19(4)17(20)15-9-13-7-5-6-8-14(13)21-15/h5-8,11,15H,9H2,1-4H3/t11-,15+/m1/s1. The van der Waals surface area contributed by atoms with Crippen molar-refractivity contribution >= 4 is 17.2 Å². The number of carbonyl (C=O) groups excluding carboxylic acids is 1. The number of hydrogen-bond donors (Lipinski definition) is 0. The normalized spacial score (nSPS) is 17.7. The van der Waals surface area contributed by atoms with Gasteiger partial charge in [-0.2, -0.15) is 0 Å². The molecule has 0 fully saturated rings. The molecule has 0 aliphatic carbocycles. The van der Waals surface area contributed by atoms with E-state index in [0.29, 0.717) is 6.42 Å². The van der Waals surface area contributed by atoms with E-state index in [0.717, 1.165) is 26.9 Å². The number of nitrogens with zero attached hydrogens (tertiary/aromatic N) is 2. The molecule has 4 nitrogen and oxygen atoms in total. The number of thiazole rings is 1. The first-order valence-corrected chi connectivity index (χ1v) is 8.24. The molecule has 1 aromatic heterocycles. The molecule has 0 N–H and O–H groups in total. The first kappa shape index (κ1) is 15.0. The lowest BCUT2D eigenvalue weighted by Gasteiger charge is -2.26. The number of aryl methyl sites for hydroxylation is 2. The smallest absolute Gasteiger partial charge is 0.264 e. The zero-order valence-electron chi connectivity index (χ0n) is 13.3. The molecule has 3 rings (SSSR count). The van der Waals surface area contributed by atoms with Crippen LogP contribution in [0.5, 0.6) is 5.75 Å². The van der Waals surface area contributed by atoms with Crippen molar-refractivity contribution < 1.29 is 9.53 Å². The number of para-hydroxylation sites is 1. The second-order valence-corrected chi connectivity index (χ2v) is 6.96. The van der Waals surface area contributed by atoms with Crippen molar-refractivity contribution in [3.63, 3.8) is 0 Å². The minimum Gasteiger partial charge on any atom is -0.480 e. The summed E-state index contributed by atoms with van der Waals surface area (Å²) in [6, 6.07) is 7.85. The van der Waals surface area contributed by atoms with Crippen molar-refractivity contribution in [3.8, 4) is 5.75 Å². The predicted octanol–water partition coefficient (Wildman–Crippen LogP) is 3.28. The van der Waals surface area contributed by atoms with Crippen LogP contribution in [0.2, 0.25) is 0 Å². The van der Waals surface area contributed by atoms with Crippen LogP contribution in [-0.2, 0) is 11.2 Å². The van der Waals surface area contributed by atoms with Gasteiger partial charge in [-0.05, 0) is 32.4 Å². The Labute approximate surface area is 134 Å². The van der Waals surface area contributed by atoms with Crippen molar-refractivity contribution in [2.24, 2.45) is 0 Å². The molecular formula is C17H20N2O2S. The highest BCUT2D eigenvalue weighted by Gasteiger charge is 2.33. The van der Waals surface area contributed by atoms with E-state index in [-0.39, 0.29) is 11.9 Å². The lowest BCUT2D eigenvalue weighted by atomic mass is 10.1. The van der Waals surface area contributed by atoms with Crippen molar-refractivity contribution in [1.29, 1.82) is 0 Å². The molecule has 1 amide bonds. The minimum atomic E-state index is -0.417. The Kier molecular flexibility index (Phi) is 3.91. The van der Waals surface area contributed by atoms with Gasteiger partial charge in [0.15, 0.2) is 6.10 Å². The summed E-state index contributed by atoms with van der Waals surface area (Å²) < 4.78 is 5.81. The molecule has 1 aromatic carbocycles. The minimum absolute atomic E-state index is 0.00557. The molecular weight excluding hydrogens is 296 g/mol. The molecule has 0 radical (unpaired) electrons. The lowest BCUT2D eigenvalue weighted by molar-refractivity contribution is -0.138. The Bertz CT molecular complexity index is 685. The molecule has 5 heteroatoms. The monoisotopic (exact) mass is 316 g/mol. The summed E-state index contributed by atoms with van der Waals surface area (Å²) in [6.07, 6.45) is 0.228. The van der Waals surface area contributed by atoms with Crippen LogP contribution in [0.25, 0.3) is 0 Å². The molecule has 0 bridgehead atoms. The van der Waals surface area contributed by atoms with Gasteiger partial charge in [-0.15, -0.1) is 11.3 Å². The van der Waals surface area contributed by atoms with Crippen LogP contribution in [0, 0.1) is 13.8 Å². The SMILES string of the molecule is Cc1nc(C)c([C@@H](C)N(C)C(=O)[C@@H]2Cc3ccccc3O2)s1. The maximum Gasteiger partial charge on any atom is 0.264 e. The van der Waals surface area contributed by atoms with E-state index in [1.165, 1.54) is 0 Å². The van der Waals surface area contributed by atoms with Gasteiger partial charge in [0.2, 0.25) is 0 Å². The third-order valence-corrected chi connectivity index (χ3v) is 5.41. The zero-order chi connectivity index (χ0) is 15.9. The molecule has 2 aromatic rings. The van der Waals surface area contributed by atoms with Crippen LogP contribution in [0.1, 0.15) is 34.1 Å². The summed E-state index contributed by atoms with van der Waals surface area (Å²) in [5.74, 6) is 0.848. The fourth-order valence-electron chi connectivity index (χ4n) is 2.85. The van der Waals surface area contributed by atoms with E-state index in [9.17, 15) is 4.79 Å². The molecule has 1 aliphatic heterocycles. The molecule has 116 valence electrons. The number of ether oxygens (including phenoxy) is 1. The van der Waals surface area contributed by atoms with Crippen LogP contribution in [0.4, 0.5) is 0 Å². The summed E-state index contributed by atoms with van der Waals surface area (Å²) in [5, 5.41) is 1.03. The number of benzene rings is 1. The molecule has 0 saturated heterocycles. The second kappa shape index (κ2) is 5.72. The third-order valence-electron chi connectivity index (χ3n) is 4.17. The van der Waals surface area contributed by atoms with Crippen molar-refractivity contribution in [2.45, 2.75) is 39.3 Å². The average Bonchev–Trinajstić information content (AvgIpc) is 3.07. The second-order valence-electron chi connectivity index (χ2n) is 5.73. The molecule has 0 spiro atoms. The highest BCUT2D eigenvalue weighted by molar-refractivity contribution is 7.11. The highest BCUT2D eigenvalue weighted by Crippen LogP contribution is 2.32. The largest absolute Gasteiger partial charge is 0.480 e. The van der Waals surface area contributed by atoms with E-state index in [4.69, 9.17) is 4.74 Å². The Morgan fingerprint density at radius 2 is 2.14 bits per heavy atom. The molecule has 1 aliphatic rings. The van der Waals surface area contributed by atoms with Gasteiger partial charge >= 0.3 is 0 Å². The molecule has 22 heavy (non-hydrogen) atoms. The van der Waals surface area contributed by atoms with Crippen molar-refractivity contribution in [3.05, 3.63) is 45.4 Å². The van der Waals surface area contributed by atoms with E-state index < -0.39 is 6.10 Å². The average molecular weight is 316 g/mol. The number of rotatable bonds is 3. The Hall–Kier alpha value is -1.88. The summed E-state index contributed by atoms with van der Waals surface area (Å²) in [6.45, 7) is 6.03. The molecule has 0 unspecified atom stereocenters. The molecule has 2 heterocycles. The summed E-state index contributed by atoms with van der Waals surface area (Å²) in [4.78, 5) is 20.1. The van der Waals surface area contributed by atoms with E-state index in [2.05, 4.69) is 4.98 Å². The van der Waals surface area contributed by atoms with Gasteiger partial charge < -0.3 is 9.64 Å². The molecule has 2 atom stereocenters. The van der Waals surface area contributed by atoms with Crippen molar-refractivity contribution in [1.82, 2.24) is 9.88 Å². The first-order valence-electron chi connectivity index (χ1n) is 7.42. The fourth-order valence-corrected chi connectivity index (χ4v) is 3.87. The number of fused-ring (bicyclic) bond motifs is 1. The quantitative estimate of drug-likeness (QED) is 0.872. The van der Waals surface area contributed by atoms with Crippen molar-refractivity contribution in [2.75, 3.05) is 7.05 Å². The van der Waals surface area contributed by atoms with Crippen LogP contribution in [0.3, 0.4) is 0 Å². The maximum atomic E-state index is 12.7. The van der Waals surface area contributed by atoms with E-state index >= 15 is 0 Å². The topological polar surface area (TPSA) is 42.4 Å². The van der Waals surface area contributed by atoms with Gasteiger partial charge in [-0.1, -0.05) is 18.2 Å². The number of aromatic nitrogens is 1. The maximum absolute atomic E-state index is 12.7. The van der Waals surface area contributed by atoms with E-state index in [1.54, 1.807) is 16.2 Å². The van der Waals surface area contributed by atoms with Gasteiger partial charge in [0.25, 0.3) is 5.91 Å². The first-order chi connectivity index (χ1) is 10.5. The Balaban J connectivity index is 1.74. The van der Waals surface area contributed by atoms with Crippen LogP contribution >= 0.6 is 11.3 Å². The van der Waals surface area contributed by atoms with Gasteiger partial charge in [-0.3, -0.25) is 4.79 Å². The van der Waals surface area contributed by atoms with Gasteiger partial charge in [0, 0.05) is 18.3 Å². The highest BCUT2D eigenvalue weighted by atomic mass is 32.1. The number of hydrogen-bond acceptors (Lipinski definition) is 4. The summed E-state index contributed by atoms with van der Waals surface area (Å²) in [7, 11) is 1.84. The number of carbonyl (C=O) groups is 1. The van der Waals surface area contributed by atoms with Gasteiger partial charge in [-0.25, -0.2) is 4.98 Å². The van der Waals surface area contributed by atoms with E-state index in [1.807, 2.05) is 52.1 Å². The summed E-state index contributed by atoms with van der Waals surface area (Å²) in [5.41, 5.74) is 2.11. The number of likely N-dealkylation sites (N-methyl/N-ethyl adjacent to an activating group) is 1. The third kappa shape index (κ3) is 2.61. The predicted molar refractivity (Wildman–Crippen MR) is 87.3 cm³/mol. The summed E-state index contributed by atoms with van der Waals surface area (Å²) >= 11 is 1.65.